The van der Waals surface area contributed by atoms with Crippen molar-refractivity contribution in [2.24, 2.45) is 5.92 Å². The molecule has 2 heterocycles. The molecule has 2 saturated heterocycles. The van der Waals surface area contributed by atoms with Crippen LogP contribution in [0.3, 0.4) is 0 Å². The average Bonchev–Trinajstić information content (AvgIpc) is 2.98. The molecule has 0 aromatic heterocycles. The SMILES string of the molecule is O=C(CN1CCOCC1)N[C@@H]1CN(Cc2ccccc2)C[C@H]1CO. The zero-order chi connectivity index (χ0) is 16.8. The maximum absolute atomic E-state index is 12.3. The van der Waals surface area contributed by atoms with E-state index in [1.165, 1.54) is 5.56 Å². The number of likely N-dealkylation sites (tertiary alicyclic amines) is 1. The van der Waals surface area contributed by atoms with E-state index in [0.29, 0.717) is 19.8 Å². The maximum Gasteiger partial charge on any atom is 0.234 e. The molecule has 1 aromatic rings. The second kappa shape index (κ2) is 8.58. The van der Waals surface area contributed by atoms with E-state index in [9.17, 15) is 9.90 Å². The van der Waals surface area contributed by atoms with Gasteiger partial charge in [0.05, 0.1) is 19.8 Å². The van der Waals surface area contributed by atoms with Crippen LogP contribution in [0.4, 0.5) is 0 Å². The Labute approximate surface area is 143 Å². The highest BCUT2D eigenvalue weighted by Crippen LogP contribution is 2.19. The van der Waals surface area contributed by atoms with E-state index in [0.717, 1.165) is 32.7 Å². The van der Waals surface area contributed by atoms with Crippen LogP contribution in [0.1, 0.15) is 5.56 Å². The summed E-state index contributed by atoms with van der Waals surface area (Å²) in [6.45, 7) is 5.98. The summed E-state index contributed by atoms with van der Waals surface area (Å²) in [4.78, 5) is 16.7. The van der Waals surface area contributed by atoms with Gasteiger partial charge in [0.15, 0.2) is 0 Å². The number of carbonyl (C=O) groups is 1. The standard InChI is InChI=1S/C18H27N3O3/c22-14-16-11-21(10-15-4-2-1-3-5-15)12-17(16)19-18(23)13-20-6-8-24-9-7-20/h1-5,16-17,22H,6-14H2,(H,19,23)/t16-,17+/m0/s1. The number of nitrogens with one attached hydrogen (secondary N) is 1. The summed E-state index contributed by atoms with van der Waals surface area (Å²) in [6, 6.07) is 10.3. The maximum atomic E-state index is 12.3. The molecular formula is C18H27N3O3. The van der Waals surface area contributed by atoms with Gasteiger partial charge in [-0.05, 0) is 5.56 Å². The normalized spacial score (nSPS) is 25.7. The van der Waals surface area contributed by atoms with E-state index < -0.39 is 0 Å². The molecular weight excluding hydrogens is 306 g/mol. The summed E-state index contributed by atoms with van der Waals surface area (Å²) in [7, 11) is 0. The first kappa shape index (κ1) is 17.4. The Morgan fingerprint density at radius 3 is 2.62 bits per heavy atom. The summed E-state index contributed by atoms with van der Waals surface area (Å²) >= 11 is 0. The van der Waals surface area contributed by atoms with Gasteiger partial charge in [-0.1, -0.05) is 30.3 Å². The van der Waals surface area contributed by atoms with Crippen LogP contribution in [-0.2, 0) is 16.1 Å². The van der Waals surface area contributed by atoms with E-state index >= 15 is 0 Å². The number of hydrogen-bond donors (Lipinski definition) is 2. The fourth-order valence-corrected chi connectivity index (χ4v) is 3.49. The highest BCUT2D eigenvalue weighted by Gasteiger charge is 2.33. The molecule has 2 aliphatic heterocycles. The molecule has 0 bridgehead atoms. The molecule has 24 heavy (non-hydrogen) atoms. The van der Waals surface area contributed by atoms with E-state index in [-0.39, 0.29) is 24.5 Å². The average molecular weight is 333 g/mol. The Hall–Kier alpha value is -1.47. The topological polar surface area (TPSA) is 65.0 Å². The van der Waals surface area contributed by atoms with Crippen molar-refractivity contribution in [1.82, 2.24) is 15.1 Å². The summed E-state index contributed by atoms with van der Waals surface area (Å²) in [5.41, 5.74) is 1.26. The number of rotatable bonds is 6. The first-order chi connectivity index (χ1) is 11.7. The number of morpholine rings is 1. The molecule has 2 aliphatic rings. The second-order valence-electron chi connectivity index (χ2n) is 6.68. The third kappa shape index (κ3) is 4.77. The van der Waals surface area contributed by atoms with Crippen molar-refractivity contribution in [2.45, 2.75) is 12.6 Å². The number of aliphatic hydroxyl groups is 1. The van der Waals surface area contributed by atoms with Gasteiger partial charge in [-0.15, -0.1) is 0 Å². The van der Waals surface area contributed by atoms with Crippen molar-refractivity contribution in [3.05, 3.63) is 35.9 Å². The van der Waals surface area contributed by atoms with Crippen molar-refractivity contribution < 1.29 is 14.6 Å². The van der Waals surface area contributed by atoms with Crippen LogP contribution < -0.4 is 5.32 Å². The Morgan fingerprint density at radius 1 is 1.17 bits per heavy atom. The number of hydrogen-bond acceptors (Lipinski definition) is 5. The number of nitrogens with zero attached hydrogens (tertiary/aromatic N) is 2. The lowest BCUT2D eigenvalue weighted by molar-refractivity contribution is -0.124. The molecule has 2 atom stereocenters. The van der Waals surface area contributed by atoms with Gasteiger partial charge in [-0.3, -0.25) is 14.6 Å². The quantitative estimate of drug-likeness (QED) is 0.763. The third-order valence-electron chi connectivity index (χ3n) is 4.82. The van der Waals surface area contributed by atoms with Crippen LogP contribution in [0.2, 0.25) is 0 Å². The first-order valence-corrected chi connectivity index (χ1v) is 8.71. The van der Waals surface area contributed by atoms with Crippen LogP contribution >= 0.6 is 0 Å². The Balaban J connectivity index is 1.49. The van der Waals surface area contributed by atoms with Gasteiger partial charge in [-0.25, -0.2) is 0 Å². The van der Waals surface area contributed by atoms with Gasteiger partial charge < -0.3 is 15.2 Å². The third-order valence-corrected chi connectivity index (χ3v) is 4.82. The molecule has 6 nitrogen and oxygen atoms in total. The van der Waals surface area contributed by atoms with Gasteiger partial charge in [-0.2, -0.15) is 0 Å². The molecule has 6 heteroatoms. The largest absolute Gasteiger partial charge is 0.396 e. The highest BCUT2D eigenvalue weighted by molar-refractivity contribution is 5.78. The van der Waals surface area contributed by atoms with Crippen molar-refractivity contribution >= 4 is 5.91 Å². The van der Waals surface area contributed by atoms with E-state index in [4.69, 9.17) is 4.74 Å². The van der Waals surface area contributed by atoms with Crippen LogP contribution in [-0.4, -0.2) is 79.4 Å². The molecule has 1 aromatic carbocycles. The Morgan fingerprint density at radius 2 is 1.92 bits per heavy atom. The highest BCUT2D eigenvalue weighted by atomic mass is 16.5. The summed E-state index contributed by atoms with van der Waals surface area (Å²) < 4.78 is 5.31. The monoisotopic (exact) mass is 333 g/mol. The fraction of sp³-hybridized carbons (Fsp3) is 0.611. The molecule has 132 valence electrons. The second-order valence-corrected chi connectivity index (χ2v) is 6.68. The number of ether oxygens (including phenoxy) is 1. The lowest BCUT2D eigenvalue weighted by Crippen LogP contribution is -2.48. The van der Waals surface area contributed by atoms with Gasteiger partial charge in [0.2, 0.25) is 5.91 Å². The number of carbonyl (C=O) groups excluding carboxylic acids is 1. The lowest BCUT2D eigenvalue weighted by atomic mass is 10.1. The van der Waals surface area contributed by atoms with E-state index in [1.807, 2.05) is 18.2 Å². The molecule has 0 spiro atoms. The predicted octanol–water partition coefficient (Wildman–Crippen LogP) is -0.0723. The Kier molecular flexibility index (Phi) is 6.20. The molecule has 3 rings (SSSR count). The zero-order valence-electron chi connectivity index (χ0n) is 14.1. The minimum absolute atomic E-state index is 0.0206. The number of benzene rings is 1. The van der Waals surface area contributed by atoms with Crippen molar-refractivity contribution in [3.8, 4) is 0 Å². The zero-order valence-corrected chi connectivity index (χ0v) is 14.1. The number of amides is 1. The van der Waals surface area contributed by atoms with E-state index in [2.05, 4.69) is 27.2 Å². The smallest absolute Gasteiger partial charge is 0.234 e. The van der Waals surface area contributed by atoms with Gasteiger partial charge in [0.1, 0.15) is 0 Å². The lowest BCUT2D eigenvalue weighted by Gasteiger charge is -2.27. The molecule has 1 amide bonds. The molecule has 2 fully saturated rings. The van der Waals surface area contributed by atoms with Crippen molar-refractivity contribution in [1.29, 1.82) is 0 Å². The van der Waals surface area contributed by atoms with E-state index in [1.54, 1.807) is 0 Å². The van der Waals surface area contributed by atoms with Crippen molar-refractivity contribution in [2.75, 3.05) is 52.5 Å². The van der Waals surface area contributed by atoms with Crippen molar-refractivity contribution in [3.63, 3.8) is 0 Å². The first-order valence-electron chi connectivity index (χ1n) is 8.71. The van der Waals surface area contributed by atoms with Gasteiger partial charge in [0, 0.05) is 51.3 Å². The minimum atomic E-state index is 0.0206. The van der Waals surface area contributed by atoms with Gasteiger partial charge in [0.25, 0.3) is 0 Å². The summed E-state index contributed by atoms with van der Waals surface area (Å²) in [5.74, 6) is 0.143. The Bertz CT molecular complexity index is 520. The molecule has 2 N–H and O–H groups in total. The minimum Gasteiger partial charge on any atom is -0.396 e. The fourth-order valence-electron chi connectivity index (χ4n) is 3.49. The molecule has 0 saturated carbocycles. The van der Waals surface area contributed by atoms with Gasteiger partial charge >= 0.3 is 0 Å². The molecule has 0 aliphatic carbocycles. The summed E-state index contributed by atoms with van der Waals surface area (Å²) in [5, 5.41) is 12.8. The number of aliphatic hydroxyl groups excluding tert-OH is 1. The predicted molar refractivity (Wildman–Crippen MR) is 91.5 cm³/mol. The van der Waals surface area contributed by atoms with Crippen LogP contribution in [0.15, 0.2) is 30.3 Å². The molecule has 0 radical (unpaired) electrons. The summed E-state index contributed by atoms with van der Waals surface area (Å²) in [6.07, 6.45) is 0. The molecule has 0 unspecified atom stereocenters. The van der Waals surface area contributed by atoms with Crippen LogP contribution in [0.25, 0.3) is 0 Å². The van der Waals surface area contributed by atoms with Crippen LogP contribution in [0.5, 0.6) is 0 Å². The van der Waals surface area contributed by atoms with Crippen LogP contribution in [0, 0.1) is 5.92 Å².